The second-order valence-electron chi connectivity index (χ2n) is 7.19. The SMILES string of the molecule is CC(C)N=C(C=C(N)c1cnc(N)c(C(F)(F)F)c1)C1[C@H]2CCC[C@@H]12. The number of alkyl halides is 3. The van der Waals surface area contributed by atoms with Gasteiger partial charge in [0.1, 0.15) is 5.82 Å². The molecule has 0 radical (unpaired) electrons. The van der Waals surface area contributed by atoms with Crippen molar-refractivity contribution in [3.63, 3.8) is 0 Å². The summed E-state index contributed by atoms with van der Waals surface area (Å²) in [5.41, 5.74) is 11.8. The molecule has 136 valence electrons. The summed E-state index contributed by atoms with van der Waals surface area (Å²) in [7, 11) is 0. The fraction of sp³-hybridized carbons (Fsp3) is 0.556. The van der Waals surface area contributed by atoms with Crippen molar-refractivity contribution < 1.29 is 13.2 Å². The van der Waals surface area contributed by atoms with Crippen LogP contribution in [-0.4, -0.2) is 16.7 Å². The highest BCUT2D eigenvalue weighted by Gasteiger charge is 2.54. The fourth-order valence-electron chi connectivity index (χ4n) is 3.88. The number of hydrogen-bond donors (Lipinski definition) is 2. The Morgan fingerprint density at radius 3 is 2.52 bits per heavy atom. The lowest BCUT2D eigenvalue weighted by Crippen LogP contribution is -2.13. The quantitative estimate of drug-likeness (QED) is 0.807. The van der Waals surface area contributed by atoms with Crippen molar-refractivity contribution in [1.82, 2.24) is 4.98 Å². The molecule has 2 fully saturated rings. The van der Waals surface area contributed by atoms with Gasteiger partial charge in [0.25, 0.3) is 0 Å². The molecule has 1 unspecified atom stereocenters. The van der Waals surface area contributed by atoms with E-state index in [1.54, 1.807) is 6.08 Å². The Morgan fingerprint density at radius 2 is 1.96 bits per heavy atom. The predicted octanol–water partition coefficient (Wildman–Crippen LogP) is 3.88. The zero-order valence-corrected chi connectivity index (χ0v) is 14.3. The van der Waals surface area contributed by atoms with Crippen LogP contribution >= 0.6 is 0 Å². The maximum atomic E-state index is 13.0. The van der Waals surface area contributed by atoms with Crippen LogP contribution < -0.4 is 11.5 Å². The van der Waals surface area contributed by atoms with Crippen LogP contribution in [0.1, 0.15) is 44.2 Å². The van der Waals surface area contributed by atoms with Crippen LogP contribution in [0.5, 0.6) is 0 Å². The molecule has 3 rings (SSSR count). The molecule has 7 heteroatoms. The van der Waals surface area contributed by atoms with Gasteiger partial charge in [-0.05, 0) is 50.7 Å². The Kier molecular flexibility index (Phi) is 4.51. The minimum absolute atomic E-state index is 0.107. The summed E-state index contributed by atoms with van der Waals surface area (Å²) >= 11 is 0. The first-order valence-corrected chi connectivity index (χ1v) is 8.56. The number of aliphatic imine (C=N–C) groups is 1. The minimum Gasteiger partial charge on any atom is -0.398 e. The average molecular weight is 352 g/mol. The van der Waals surface area contributed by atoms with Crippen LogP contribution in [0.2, 0.25) is 0 Å². The topological polar surface area (TPSA) is 77.3 Å². The molecule has 4 nitrogen and oxygen atoms in total. The van der Waals surface area contributed by atoms with E-state index in [-0.39, 0.29) is 17.3 Å². The Labute approximate surface area is 145 Å². The number of nitrogens with two attached hydrogens (primary N) is 2. The number of hydrogen-bond acceptors (Lipinski definition) is 4. The molecular formula is C18H23F3N4. The summed E-state index contributed by atoms with van der Waals surface area (Å²) < 4.78 is 39.1. The molecule has 1 heterocycles. The number of aromatic nitrogens is 1. The first kappa shape index (κ1) is 17.8. The molecule has 2 saturated carbocycles. The minimum atomic E-state index is -4.56. The molecule has 2 aliphatic carbocycles. The van der Waals surface area contributed by atoms with Crippen LogP contribution in [0.15, 0.2) is 23.3 Å². The smallest absolute Gasteiger partial charge is 0.398 e. The predicted molar refractivity (Wildman–Crippen MR) is 92.7 cm³/mol. The van der Waals surface area contributed by atoms with Gasteiger partial charge in [-0.3, -0.25) is 4.99 Å². The summed E-state index contributed by atoms with van der Waals surface area (Å²) in [5, 5.41) is 0. The number of pyridine rings is 1. The molecule has 0 bridgehead atoms. The van der Waals surface area contributed by atoms with E-state index >= 15 is 0 Å². The number of rotatable bonds is 4. The van der Waals surface area contributed by atoms with Crippen molar-refractivity contribution in [2.24, 2.45) is 28.5 Å². The van der Waals surface area contributed by atoms with Gasteiger partial charge in [-0.2, -0.15) is 13.2 Å². The molecule has 25 heavy (non-hydrogen) atoms. The number of allylic oxidation sites excluding steroid dienone is 1. The van der Waals surface area contributed by atoms with E-state index in [0.717, 1.165) is 11.8 Å². The van der Waals surface area contributed by atoms with Crippen molar-refractivity contribution in [2.75, 3.05) is 5.73 Å². The fourth-order valence-corrected chi connectivity index (χ4v) is 3.88. The summed E-state index contributed by atoms with van der Waals surface area (Å²) in [4.78, 5) is 8.32. The lowest BCUT2D eigenvalue weighted by Gasteiger charge is -2.12. The van der Waals surface area contributed by atoms with Gasteiger partial charge < -0.3 is 11.5 Å². The van der Waals surface area contributed by atoms with Gasteiger partial charge in [0.2, 0.25) is 0 Å². The Morgan fingerprint density at radius 1 is 1.32 bits per heavy atom. The Bertz CT molecular complexity index is 712. The highest BCUT2D eigenvalue weighted by atomic mass is 19.4. The first-order valence-electron chi connectivity index (χ1n) is 8.56. The van der Waals surface area contributed by atoms with E-state index in [2.05, 4.69) is 9.98 Å². The summed E-state index contributed by atoms with van der Waals surface area (Å²) in [5.74, 6) is 1.14. The number of halogens is 3. The third-order valence-corrected chi connectivity index (χ3v) is 5.02. The van der Waals surface area contributed by atoms with Crippen molar-refractivity contribution in [3.05, 3.63) is 29.5 Å². The first-order chi connectivity index (χ1) is 11.7. The highest BCUT2D eigenvalue weighted by Crippen LogP contribution is 2.58. The number of nitrogen functional groups attached to an aromatic ring is 1. The molecule has 0 aliphatic heterocycles. The summed E-state index contributed by atoms with van der Waals surface area (Å²) in [6, 6.07) is 1.06. The van der Waals surface area contributed by atoms with Crippen molar-refractivity contribution in [2.45, 2.75) is 45.3 Å². The van der Waals surface area contributed by atoms with Gasteiger partial charge >= 0.3 is 6.18 Å². The molecular weight excluding hydrogens is 329 g/mol. The zero-order valence-electron chi connectivity index (χ0n) is 14.3. The van der Waals surface area contributed by atoms with E-state index in [1.165, 1.54) is 25.5 Å². The number of nitrogens with zero attached hydrogens (tertiary/aromatic N) is 2. The third kappa shape index (κ3) is 3.65. The van der Waals surface area contributed by atoms with Gasteiger partial charge in [0.15, 0.2) is 0 Å². The van der Waals surface area contributed by atoms with E-state index in [1.807, 2.05) is 13.8 Å². The number of fused-ring (bicyclic) bond motifs is 1. The van der Waals surface area contributed by atoms with Crippen molar-refractivity contribution in [3.8, 4) is 0 Å². The second-order valence-corrected chi connectivity index (χ2v) is 7.19. The Balaban J connectivity index is 1.91. The van der Waals surface area contributed by atoms with E-state index in [9.17, 15) is 13.2 Å². The molecule has 0 spiro atoms. The molecule has 0 saturated heterocycles. The van der Waals surface area contributed by atoms with Gasteiger partial charge in [-0.1, -0.05) is 6.42 Å². The standard InChI is InChI=1S/C18H23F3N4/c1-9(2)25-15(16-11-4-3-5-12(11)16)7-14(22)10-6-13(18(19,20)21)17(23)24-8-10/h6-9,11-12,16H,3-5,22H2,1-2H3,(H2,23,24)/t11-,12+,16?. The maximum absolute atomic E-state index is 13.0. The van der Waals surface area contributed by atoms with E-state index in [4.69, 9.17) is 11.5 Å². The van der Waals surface area contributed by atoms with Gasteiger partial charge in [0, 0.05) is 35.1 Å². The zero-order chi connectivity index (χ0) is 18.4. The normalized spacial score (nSPS) is 26.9. The molecule has 1 aromatic heterocycles. The van der Waals surface area contributed by atoms with Gasteiger partial charge in [-0.15, -0.1) is 0 Å². The molecule has 4 N–H and O–H groups in total. The van der Waals surface area contributed by atoms with Crippen LogP contribution in [0.25, 0.3) is 5.70 Å². The van der Waals surface area contributed by atoms with E-state index in [0.29, 0.717) is 17.8 Å². The molecule has 1 aromatic rings. The summed E-state index contributed by atoms with van der Waals surface area (Å²) in [6.45, 7) is 3.96. The number of anilines is 1. The van der Waals surface area contributed by atoms with Crippen LogP contribution in [-0.2, 0) is 6.18 Å². The molecule has 3 atom stereocenters. The van der Waals surface area contributed by atoms with Crippen LogP contribution in [0.4, 0.5) is 19.0 Å². The Hall–Kier alpha value is -2.05. The lowest BCUT2D eigenvalue weighted by molar-refractivity contribution is -0.137. The van der Waals surface area contributed by atoms with E-state index < -0.39 is 17.6 Å². The second kappa shape index (κ2) is 6.35. The van der Waals surface area contributed by atoms with Crippen molar-refractivity contribution in [1.29, 1.82) is 0 Å². The van der Waals surface area contributed by atoms with Crippen LogP contribution in [0.3, 0.4) is 0 Å². The van der Waals surface area contributed by atoms with Gasteiger partial charge in [0.05, 0.1) is 5.56 Å². The molecule has 0 amide bonds. The van der Waals surface area contributed by atoms with Crippen molar-refractivity contribution >= 4 is 17.2 Å². The highest BCUT2D eigenvalue weighted by molar-refractivity contribution is 6.04. The maximum Gasteiger partial charge on any atom is 0.419 e. The average Bonchev–Trinajstić information content (AvgIpc) is 2.97. The molecule has 0 aromatic carbocycles. The largest absolute Gasteiger partial charge is 0.419 e. The monoisotopic (exact) mass is 352 g/mol. The summed E-state index contributed by atoms with van der Waals surface area (Å²) in [6.07, 6.45) is 2.07. The lowest BCUT2D eigenvalue weighted by atomic mass is 10.0. The molecule has 2 aliphatic rings. The van der Waals surface area contributed by atoms with Gasteiger partial charge in [-0.25, -0.2) is 4.98 Å². The third-order valence-electron chi connectivity index (χ3n) is 5.02. The van der Waals surface area contributed by atoms with Crippen LogP contribution in [0, 0.1) is 17.8 Å².